The third-order valence-corrected chi connectivity index (χ3v) is 5.77. The van der Waals surface area contributed by atoms with Gasteiger partial charge in [-0.3, -0.25) is 14.5 Å². The van der Waals surface area contributed by atoms with Gasteiger partial charge in [0.15, 0.2) is 0 Å². The lowest BCUT2D eigenvalue weighted by Gasteiger charge is -2.23. The molecule has 1 amide bonds. The highest BCUT2D eigenvalue weighted by atomic mass is 19.4. The lowest BCUT2D eigenvalue weighted by atomic mass is 9.94. The molecule has 11 heteroatoms. The molecule has 36 heavy (non-hydrogen) atoms. The lowest BCUT2D eigenvalue weighted by Crippen LogP contribution is -2.19. The molecular formula is C25H21F5N4O2. The second kappa shape index (κ2) is 9.21. The molecule has 4 rings (SSSR count). The van der Waals surface area contributed by atoms with E-state index in [1.54, 1.807) is 38.2 Å². The third-order valence-electron chi connectivity index (χ3n) is 5.77. The van der Waals surface area contributed by atoms with E-state index < -0.39 is 35.2 Å². The number of aromatic nitrogens is 3. The zero-order valence-electron chi connectivity index (χ0n) is 19.4. The van der Waals surface area contributed by atoms with Crippen LogP contribution in [0.5, 0.6) is 0 Å². The first-order valence-electron chi connectivity index (χ1n) is 10.8. The number of rotatable bonds is 6. The number of furan rings is 1. The van der Waals surface area contributed by atoms with E-state index in [9.17, 15) is 26.7 Å². The van der Waals surface area contributed by atoms with Crippen molar-refractivity contribution < 1.29 is 31.2 Å². The van der Waals surface area contributed by atoms with Gasteiger partial charge in [0.1, 0.15) is 5.76 Å². The molecule has 4 aromatic rings. The summed E-state index contributed by atoms with van der Waals surface area (Å²) in [5, 5.41) is 6.91. The largest absolute Gasteiger partial charge is 0.464 e. The Hall–Kier alpha value is -4.02. The summed E-state index contributed by atoms with van der Waals surface area (Å²) in [7, 11) is 0. The fourth-order valence-electron chi connectivity index (χ4n) is 3.88. The third kappa shape index (κ3) is 5.00. The number of hydrogen-bond donors (Lipinski definition) is 1. The molecule has 0 fully saturated rings. The maximum absolute atomic E-state index is 14.3. The first-order valence-corrected chi connectivity index (χ1v) is 10.8. The van der Waals surface area contributed by atoms with Gasteiger partial charge < -0.3 is 9.73 Å². The first kappa shape index (κ1) is 25.1. The molecule has 3 heterocycles. The molecule has 0 saturated carbocycles. The number of halogens is 5. The summed E-state index contributed by atoms with van der Waals surface area (Å²) in [5.41, 5.74) is -0.335. The van der Waals surface area contributed by atoms with Gasteiger partial charge in [-0.25, -0.2) is 8.78 Å². The van der Waals surface area contributed by atoms with E-state index in [0.717, 1.165) is 12.1 Å². The molecule has 0 aliphatic carbocycles. The van der Waals surface area contributed by atoms with Crippen molar-refractivity contribution in [1.82, 2.24) is 14.8 Å². The van der Waals surface area contributed by atoms with Gasteiger partial charge in [0.25, 0.3) is 11.8 Å². The number of carbonyl (C=O) groups excluding carboxylic acids is 1. The van der Waals surface area contributed by atoms with Gasteiger partial charge in [-0.15, -0.1) is 0 Å². The Balaban J connectivity index is 1.61. The predicted octanol–water partition coefficient (Wildman–Crippen LogP) is 6.84. The van der Waals surface area contributed by atoms with E-state index in [1.807, 2.05) is 0 Å². The molecule has 0 aliphatic rings. The Morgan fingerprint density at radius 2 is 1.83 bits per heavy atom. The van der Waals surface area contributed by atoms with Crippen LogP contribution < -0.4 is 5.32 Å². The van der Waals surface area contributed by atoms with Crippen LogP contribution in [0.15, 0.2) is 65.7 Å². The molecule has 0 radical (unpaired) electrons. The lowest BCUT2D eigenvalue weighted by molar-refractivity contribution is -0.137. The van der Waals surface area contributed by atoms with Crippen LogP contribution in [0.3, 0.4) is 0 Å². The molecule has 0 spiro atoms. The number of pyridine rings is 1. The molecular weight excluding hydrogens is 483 g/mol. The van der Waals surface area contributed by atoms with Gasteiger partial charge in [-0.05, 0) is 49.7 Å². The van der Waals surface area contributed by atoms with Crippen molar-refractivity contribution in [1.29, 1.82) is 0 Å². The van der Waals surface area contributed by atoms with Crippen LogP contribution in [0.25, 0.3) is 11.3 Å². The number of nitrogens with one attached hydrogen (secondary N) is 1. The van der Waals surface area contributed by atoms with Crippen molar-refractivity contribution in [2.75, 3.05) is 5.32 Å². The predicted molar refractivity (Wildman–Crippen MR) is 122 cm³/mol. The number of hydrogen-bond acceptors (Lipinski definition) is 4. The van der Waals surface area contributed by atoms with E-state index in [0.29, 0.717) is 35.7 Å². The SMILES string of the molecule is Cc1c(NC(=O)c2cncc(-c3ccco3)c2)cnn1C(C)c1ccc(C(F)(F)F)cc1C(C)(F)F. The summed E-state index contributed by atoms with van der Waals surface area (Å²) >= 11 is 0. The minimum Gasteiger partial charge on any atom is -0.464 e. The van der Waals surface area contributed by atoms with Crippen molar-refractivity contribution in [3.05, 3.63) is 89.2 Å². The van der Waals surface area contributed by atoms with Gasteiger partial charge in [0, 0.05) is 30.4 Å². The van der Waals surface area contributed by atoms with Crippen LogP contribution in [-0.4, -0.2) is 20.7 Å². The Labute approximate surface area is 202 Å². The minimum absolute atomic E-state index is 0.0186. The van der Waals surface area contributed by atoms with Crippen LogP contribution in [0.1, 0.15) is 52.6 Å². The molecule has 3 aromatic heterocycles. The smallest absolute Gasteiger partial charge is 0.416 e. The second-order valence-electron chi connectivity index (χ2n) is 8.35. The summed E-state index contributed by atoms with van der Waals surface area (Å²) in [6, 6.07) is 6.45. The zero-order chi connectivity index (χ0) is 26.3. The monoisotopic (exact) mass is 504 g/mol. The van der Waals surface area contributed by atoms with Crippen LogP contribution in [0.2, 0.25) is 0 Å². The van der Waals surface area contributed by atoms with Gasteiger partial charge in [-0.1, -0.05) is 6.07 Å². The topological polar surface area (TPSA) is 73.0 Å². The Kier molecular flexibility index (Phi) is 6.42. The van der Waals surface area contributed by atoms with Crippen molar-refractivity contribution in [3.63, 3.8) is 0 Å². The number of carbonyl (C=O) groups is 1. The van der Waals surface area contributed by atoms with E-state index in [4.69, 9.17) is 4.42 Å². The molecule has 1 N–H and O–H groups in total. The van der Waals surface area contributed by atoms with Crippen molar-refractivity contribution in [2.24, 2.45) is 0 Å². The first-order chi connectivity index (χ1) is 16.9. The van der Waals surface area contributed by atoms with Crippen molar-refractivity contribution >= 4 is 11.6 Å². The number of nitrogens with zero attached hydrogens (tertiary/aromatic N) is 3. The van der Waals surface area contributed by atoms with Crippen LogP contribution in [0, 0.1) is 6.92 Å². The molecule has 1 unspecified atom stereocenters. The summed E-state index contributed by atoms with van der Waals surface area (Å²) in [6.07, 6.45) is 1.01. The summed E-state index contributed by atoms with van der Waals surface area (Å²) < 4.78 is 74.7. The van der Waals surface area contributed by atoms with Gasteiger partial charge in [0.2, 0.25) is 0 Å². The molecule has 188 valence electrons. The van der Waals surface area contributed by atoms with Crippen LogP contribution >= 0.6 is 0 Å². The number of benzene rings is 1. The fraction of sp³-hybridized carbons (Fsp3) is 0.240. The average molecular weight is 504 g/mol. The van der Waals surface area contributed by atoms with E-state index in [2.05, 4.69) is 15.4 Å². The zero-order valence-corrected chi connectivity index (χ0v) is 19.4. The number of anilines is 1. The maximum Gasteiger partial charge on any atom is 0.416 e. The van der Waals surface area contributed by atoms with Gasteiger partial charge >= 0.3 is 6.18 Å². The molecule has 6 nitrogen and oxygen atoms in total. The van der Waals surface area contributed by atoms with Crippen molar-refractivity contribution in [2.45, 2.75) is 38.9 Å². The van der Waals surface area contributed by atoms with E-state index in [1.165, 1.54) is 23.3 Å². The fourth-order valence-corrected chi connectivity index (χ4v) is 3.88. The Morgan fingerprint density at radius 1 is 1.08 bits per heavy atom. The van der Waals surface area contributed by atoms with Gasteiger partial charge in [-0.2, -0.15) is 18.3 Å². The maximum atomic E-state index is 14.3. The summed E-state index contributed by atoms with van der Waals surface area (Å²) in [5.74, 6) is -3.47. The highest BCUT2D eigenvalue weighted by Crippen LogP contribution is 2.39. The number of amides is 1. The van der Waals surface area contributed by atoms with Crippen LogP contribution in [0.4, 0.5) is 27.6 Å². The standard InChI is InChI=1S/C25H21F5N4O2/c1-14(19-7-6-18(25(28,29)30)10-20(19)24(3,26)27)34-15(2)21(13-32-34)33-23(35)17-9-16(11-31-12-17)22-5-4-8-36-22/h4-14H,1-3H3,(H,33,35). The van der Waals surface area contributed by atoms with Crippen molar-refractivity contribution in [3.8, 4) is 11.3 Å². The molecule has 0 aliphatic heterocycles. The van der Waals surface area contributed by atoms with E-state index in [-0.39, 0.29) is 11.1 Å². The highest BCUT2D eigenvalue weighted by molar-refractivity contribution is 6.04. The van der Waals surface area contributed by atoms with Crippen LogP contribution in [-0.2, 0) is 12.1 Å². The highest BCUT2D eigenvalue weighted by Gasteiger charge is 2.36. The number of alkyl halides is 5. The Bertz CT molecular complexity index is 1390. The molecule has 0 saturated heterocycles. The summed E-state index contributed by atoms with van der Waals surface area (Å²) in [6.45, 7) is 3.70. The van der Waals surface area contributed by atoms with E-state index >= 15 is 0 Å². The molecule has 1 aromatic carbocycles. The quantitative estimate of drug-likeness (QED) is 0.292. The van der Waals surface area contributed by atoms with Gasteiger partial charge in [0.05, 0.1) is 41.0 Å². The summed E-state index contributed by atoms with van der Waals surface area (Å²) in [4.78, 5) is 16.9. The normalized spacial score (nSPS) is 13.0. The second-order valence-corrected chi connectivity index (χ2v) is 8.35. The average Bonchev–Trinajstić information content (AvgIpc) is 3.48. The molecule has 1 atom stereocenters. The Morgan fingerprint density at radius 3 is 2.47 bits per heavy atom. The minimum atomic E-state index is -4.76. The molecule has 0 bridgehead atoms.